The SMILES string of the molecule is COc1ccc(CNC(=O)C2CCN(C(=O)[C@H]3NCCO[C@@H]3C)CC2)cc1.Cl. The zero-order valence-electron chi connectivity index (χ0n) is 16.5. The van der Waals surface area contributed by atoms with Gasteiger partial charge in [-0.25, -0.2) is 0 Å². The van der Waals surface area contributed by atoms with Crippen molar-refractivity contribution in [3.8, 4) is 5.75 Å². The number of halogens is 1. The number of likely N-dealkylation sites (tertiary alicyclic amines) is 1. The van der Waals surface area contributed by atoms with Crippen LogP contribution < -0.4 is 15.4 Å². The number of rotatable bonds is 5. The van der Waals surface area contributed by atoms with E-state index in [0.717, 1.165) is 11.3 Å². The zero-order valence-corrected chi connectivity index (χ0v) is 17.3. The second-order valence-electron chi connectivity index (χ2n) is 7.17. The summed E-state index contributed by atoms with van der Waals surface area (Å²) in [4.78, 5) is 27.0. The number of carbonyl (C=O) groups excluding carboxylic acids is 2. The Morgan fingerprint density at radius 1 is 1.25 bits per heavy atom. The van der Waals surface area contributed by atoms with Crippen molar-refractivity contribution in [1.29, 1.82) is 0 Å². The number of amides is 2. The number of piperidine rings is 1. The van der Waals surface area contributed by atoms with Gasteiger partial charge in [-0.3, -0.25) is 9.59 Å². The summed E-state index contributed by atoms with van der Waals surface area (Å²) in [6.45, 7) is 5.00. The van der Waals surface area contributed by atoms with Crippen molar-refractivity contribution in [3.05, 3.63) is 29.8 Å². The summed E-state index contributed by atoms with van der Waals surface area (Å²) >= 11 is 0. The predicted octanol–water partition coefficient (Wildman–Crippen LogP) is 1.35. The van der Waals surface area contributed by atoms with E-state index in [2.05, 4.69) is 10.6 Å². The maximum atomic E-state index is 12.7. The van der Waals surface area contributed by atoms with E-state index in [4.69, 9.17) is 9.47 Å². The first-order chi connectivity index (χ1) is 13.1. The Kier molecular flexibility index (Phi) is 8.54. The second kappa shape index (κ2) is 10.6. The van der Waals surface area contributed by atoms with Gasteiger partial charge in [-0.05, 0) is 37.5 Å². The van der Waals surface area contributed by atoms with Crippen LogP contribution in [0.2, 0.25) is 0 Å². The van der Waals surface area contributed by atoms with Gasteiger partial charge in [0.05, 0.1) is 19.8 Å². The number of hydrogen-bond donors (Lipinski definition) is 2. The van der Waals surface area contributed by atoms with Crippen molar-refractivity contribution in [2.45, 2.75) is 38.5 Å². The molecule has 2 heterocycles. The molecule has 0 aliphatic carbocycles. The maximum absolute atomic E-state index is 12.7. The summed E-state index contributed by atoms with van der Waals surface area (Å²) in [7, 11) is 1.63. The van der Waals surface area contributed by atoms with E-state index in [0.29, 0.717) is 45.6 Å². The highest BCUT2D eigenvalue weighted by atomic mass is 35.5. The van der Waals surface area contributed by atoms with Crippen molar-refractivity contribution in [1.82, 2.24) is 15.5 Å². The summed E-state index contributed by atoms with van der Waals surface area (Å²) in [6, 6.07) is 7.38. The third-order valence-electron chi connectivity index (χ3n) is 5.39. The van der Waals surface area contributed by atoms with Crippen LogP contribution in [0.4, 0.5) is 0 Å². The summed E-state index contributed by atoms with van der Waals surface area (Å²) in [5, 5.41) is 6.25. The minimum absolute atomic E-state index is 0. The molecule has 0 spiro atoms. The fraction of sp³-hybridized carbons (Fsp3) is 0.600. The molecular weight excluding hydrogens is 382 g/mol. The van der Waals surface area contributed by atoms with Gasteiger partial charge in [0.25, 0.3) is 0 Å². The first kappa shape index (κ1) is 22.5. The fourth-order valence-electron chi connectivity index (χ4n) is 3.65. The van der Waals surface area contributed by atoms with Gasteiger partial charge in [0.15, 0.2) is 0 Å². The average Bonchev–Trinajstić information content (AvgIpc) is 2.72. The van der Waals surface area contributed by atoms with E-state index in [-0.39, 0.29) is 42.3 Å². The first-order valence-corrected chi connectivity index (χ1v) is 9.63. The monoisotopic (exact) mass is 411 g/mol. The number of methoxy groups -OCH3 is 1. The molecule has 0 bridgehead atoms. The largest absolute Gasteiger partial charge is 0.497 e. The lowest BCUT2D eigenvalue weighted by molar-refractivity contribution is -0.142. The molecule has 1 aromatic rings. The summed E-state index contributed by atoms with van der Waals surface area (Å²) in [5.74, 6) is 0.902. The van der Waals surface area contributed by atoms with E-state index in [1.165, 1.54) is 0 Å². The molecule has 0 saturated carbocycles. The highest BCUT2D eigenvalue weighted by Gasteiger charge is 2.34. The Morgan fingerprint density at radius 2 is 1.93 bits per heavy atom. The quantitative estimate of drug-likeness (QED) is 0.764. The van der Waals surface area contributed by atoms with E-state index < -0.39 is 0 Å². The van der Waals surface area contributed by atoms with Crippen LogP contribution in [0.3, 0.4) is 0 Å². The molecule has 0 radical (unpaired) electrons. The molecule has 1 aromatic carbocycles. The molecule has 2 aliphatic rings. The van der Waals surface area contributed by atoms with Gasteiger partial charge >= 0.3 is 0 Å². The van der Waals surface area contributed by atoms with Gasteiger partial charge in [0, 0.05) is 32.1 Å². The topological polar surface area (TPSA) is 79.9 Å². The Hall–Kier alpha value is -1.83. The van der Waals surface area contributed by atoms with Gasteiger partial charge in [-0.2, -0.15) is 0 Å². The van der Waals surface area contributed by atoms with E-state index in [9.17, 15) is 9.59 Å². The van der Waals surface area contributed by atoms with Crippen LogP contribution in [-0.4, -0.2) is 62.2 Å². The molecular formula is C20H30ClN3O4. The number of nitrogens with one attached hydrogen (secondary N) is 2. The molecule has 2 aliphatic heterocycles. The second-order valence-corrected chi connectivity index (χ2v) is 7.17. The molecule has 28 heavy (non-hydrogen) atoms. The third kappa shape index (κ3) is 5.59. The van der Waals surface area contributed by atoms with Crippen LogP contribution in [0.1, 0.15) is 25.3 Å². The third-order valence-corrected chi connectivity index (χ3v) is 5.39. The molecule has 0 unspecified atom stereocenters. The van der Waals surface area contributed by atoms with Crippen molar-refractivity contribution in [2.24, 2.45) is 5.92 Å². The lowest BCUT2D eigenvalue weighted by atomic mass is 9.95. The lowest BCUT2D eigenvalue weighted by Gasteiger charge is -2.37. The molecule has 2 fully saturated rings. The normalized spacial score (nSPS) is 22.9. The van der Waals surface area contributed by atoms with Crippen molar-refractivity contribution in [2.75, 3.05) is 33.4 Å². The summed E-state index contributed by atoms with van der Waals surface area (Å²) in [6.07, 6.45) is 1.28. The Bertz CT molecular complexity index is 647. The molecule has 2 saturated heterocycles. The van der Waals surface area contributed by atoms with E-state index >= 15 is 0 Å². The molecule has 7 nitrogen and oxygen atoms in total. The molecule has 2 N–H and O–H groups in total. The Morgan fingerprint density at radius 3 is 2.54 bits per heavy atom. The molecule has 156 valence electrons. The van der Waals surface area contributed by atoms with Gasteiger partial charge in [-0.15, -0.1) is 12.4 Å². The van der Waals surface area contributed by atoms with Crippen molar-refractivity contribution in [3.63, 3.8) is 0 Å². The van der Waals surface area contributed by atoms with Gasteiger partial charge in [0.2, 0.25) is 11.8 Å². The lowest BCUT2D eigenvalue weighted by Crippen LogP contribution is -2.57. The highest BCUT2D eigenvalue weighted by Crippen LogP contribution is 2.20. The van der Waals surface area contributed by atoms with Crippen LogP contribution in [0.25, 0.3) is 0 Å². The Balaban J connectivity index is 0.00000280. The predicted molar refractivity (Wildman–Crippen MR) is 109 cm³/mol. The number of ether oxygens (including phenoxy) is 2. The van der Waals surface area contributed by atoms with Crippen LogP contribution in [0.5, 0.6) is 5.75 Å². The average molecular weight is 412 g/mol. The van der Waals surface area contributed by atoms with Crippen molar-refractivity contribution < 1.29 is 19.1 Å². The minimum atomic E-state index is -0.279. The minimum Gasteiger partial charge on any atom is -0.497 e. The zero-order chi connectivity index (χ0) is 19.2. The van der Waals surface area contributed by atoms with Crippen molar-refractivity contribution >= 4 is 24.2 Å². The maximum Gasteiger partial charge on any atom is 0.242 e. The van der Waals surface area contributed by atoms with Gasteiger partial charge < -0.3 is 25.0 Å². The number of hydrogen-bond acceptors (Lipinski definition) is 5. The van der Waals surface area contributed by atoms with E-state index in [1.807, 2.05) is 36.1 Å². The van der Waals surface area contributed by atoms with Gasteiger partial charge in [0.1, 0.15) is 11.8 Å². The highest BCUT2D eigenvalue weighted by molar-refractivity contribution is 5.85. The van der Waals surface area contributed by atoms with E-state index in [1.54, 1.807) is 7.11 Å². The van der Waals surface area contributed by atoms with Crippen LogP contribution in [-0.2, 0) is 20.9 Å². The number of benzene rings is 1. The molecule has 2 amide bonds. The molecule has 2 atom stereocenters. The van der Waals surface area contributed by atoms with Gasteiger partial charge in [-0.1, -0.05) is 12.1 Å². The Labute approximate surface area is 172 Å². The van der Waals surface area contributed by atoms with Crippen LogP contribution in [0.15, 0.2) is 24.3 Å². The molecule has 8 heteroatoms. The smallest absolute Gasteiger partial charge is 0.242 e. The number of nitrogens with zero attached hydrogens (tertiary/aromatic N) is 1. The first-order valence-electron chi connectivity index (χ1n) is 9.63. The standard InChI is InChI=1S/C20H29N3O4.ClH/c1-14-18(21-9-12-27-14)20(25)23-10-7-16(8-11-23)19(24)22-13-15-3-5-17(26-2)6-4-15;/h3-6,14,16,18,21H,7-13H2,1-2H3,(H,22,24);1H/t14-,18+;/m1./s1. The van der Waals surface area contributed by atoms with Crippen LogP contribution in [0, 0.1) is 5.92 Å². The summed E-state index contributed by atoms with van der Waals surface area (Å²) in [5.41, 5.74) is 1.04. The fourth-order valence-corrected chi connectivity index (χ4v) is 3.65. The summed E-state index contributed by atoms with van der Waals surface area (Å²) < 4.78 is 10.7. The molecule has 0 aromatic heterocycles. The molecule has 3 rings (SSSR count). The number of carbonyl (C=O) groups is 2. The number of morpholine rings is 1. The van der Waals surface area contributed by atoms with Crippen LogP contribution >= 0.6 is 12.4 Å².